The van der Waals surface area contributed by atoms with Crippen molar-refractivity contribution in [1.82, 2.24) is 4.90 Å². The van der Waals surface area contributed by atoms with E-state index in [1.54, 1.807) is 13.0 Å². The van der Waals surface area contributed by atoms with Crippen molar-refractivity contribution in [2.24, 2.45) is 11.8 Å². The largest absolute Gasteiger partial charge is 0.481 e. The van der Waals surface area contributed by atoms with Crippen LogP contribution < -0.4 is 4.90 Å². The lowest BCUT2D eigenvalue weighted by Crippen LogP contribution is -2.30. The lowest BCUT2D eigenvalue weighted by Gasteiger charge is -2.27. The number of halogens is 1. The van der Waals surface area contributed by atoms with Gasteiger partial charge in [0.25, 0.3) is 0 Å². The van der Waals surface area contributed by atoms with Crippen molar-refractivity contribution < 1.29 is 14.3 Å². The molecule has 130 valence electrons. The molecule has 0 amide bonds. The second-order valence-corrected chi connectivity index (χ2v) is 6.60. The number of benzene rings is 1. The molecule has 2 unspecified atom stereocenters. The van der Waals surface area contributed by atoms with Crippen molar-refractivity contribution in [3.05, 3.63) is 29.6 Å². The van der Waals surface area contributed by atoms with Gasteiger partial charge in [-0.15, -0.1) is 0 Å². The van der Waals surface area contributed by atoms with Crippen molar-refractivity contribution in [3.8, 4) is 0 Å². The van der Waals surface area contributed by atoms with E-state index in [4.69, 9.17) is 5.11 Å². The monoisotopic (exact) mass is 324 g/mol. The Labute approximate surface area is 138 Å². The highest BCUT2D eigenvalue weighted by Crippen LogP contribution is 2.23. The fourth-order valence-corrected chi connectivity index (χ4v) is 2.65. The van der Waals surface area contributed by atoms with E-state index in [0.29, 0.717) is 19.0 Å². The maximum absolute atomic E-state index is 13.6. The van der Waals surface area contributed by atoms with Crippen molar-refractivity contribution in [1.29, 1.82) is 0 Å². The second-order valence-electron chi connectivity index (χ2n) is 6.60. The smallest absolute Gasteiger partial charge is 0.307 e. The van der Waals surface area contributed by atoms with E-state index in [-0.39, 0.29) is 5.82 Å². The van der Waals surface area contributed by atoms with E-state index in [9.17, 15) is 9.18 Å². The van der Waals surface area contributed by atoms with Crippen LogP contribution in [0.4, 0.5) is 10.1 Å². The fraction of sp³-hybridized carbons (Fsp3) is 0.611. The number of carboxylic acid groups (broad SMARTS) is 1. The van der Waals surface area contributed by atoms with Gasteiger partial charge in [0.15, 0.2) is 0 Å². The van der Waals surface area contributed by atoms with Crippen LogP contribution in [0.1, 0.15) is 32.8 Å². The molecule has 4 nitrogen and oxygen atoms in total. The van der Waals surface area contributed by atoms with Gasteiger partial charge in [0.1, 0.15) is 5.82 Å². The van der Waals surface area contributed by atoms with E-state index in [0.717, 1.165) is 24.2 Å². The Balaban J connectivity index is 2.88. The van der Waals surface area contributed by atoms with Crippen LogP contribution in [0.5, 0.6) is 0 Å². The van der Waals surface area contributed by atoms with Crippen LogP contribution in [0.3, 0.4) is 0 Å². The first-order chi connectivity index (χ1) is 10.7. The van der Waals surface area contributed by atoms with E-state index in [2.05, 4.69) is 18.7 Å². The van der Waals surface area contributed by atoms with E-state index >= 15 is 0 Å². The number of hydrogen-bond acceptors (Lipinski definition) is 3. The van der Waals surface area contributed by atoms with Gasteiger partial charge in [0, 0.05) is 32.4 Å². The van der Waals surface area contributed by atoms with Crippen LogP contribution >= 0.6 is 0 Å². The average molecular weight is 324 g/mol. The zero-order chi connectivity index (χ0) is 17.6. The lowest BCUT2D eigenvalue weighted by atomic mass is 10.1. The summed E-state index contributed by atoms with van der Waals surface area (Å²) in [6, 6.07) is 4.83. The number of anilines is 1. The first-order valence-corrected chi connectivity index (χ1v) is 8.15. The molecular formula is C18H29FN2O2. The molecule has 23 heavy (non-hydrogen) atoms. The fourth-order valence-electron chi connectivity index (χ4n) is 2.65. The third-order valence-corrected chi connectivity index (χ3v) is 4.18. The molecule has 0 spiro atoms. The normalized spacial score (nSPS) is 13.9. The minimum Gasteiger partial charge on any atom is -0.481 e. The summed E-state index contributed by atoms with van der Waals surface area (Å²) in [4.78, 5) is 15.1. The molecule has 0 aromatic heterocycles. The zero-order valence-electron chi connectivity index (χ0n) is 14.8. The second kappa shape index (κ2) is 8.87. The Morgan fingerprint density at radius 1 is 1.26 bits per heavy atom. The first-order valence-electron chi connectivity index (χ1n) is 8.15. The molecule has 0 aliphatic rings. The number of nitrogens with zero attached hydrogens (tertiary/aromatic N) is 2. The molecule has 0 fully saturated rings. The molecule has 0 aliphatic carbocycles. The highest BCUT2D eigenvalue weighted by atomic mass is 19.1. The summed E-state index contributed by atoms with van der Waals surface area (Å²) in [7, 11) is 3.88. The van der Waals surface area contributed by atoms with Crippen LogP contribution in [0.15, 0.2) is 18.2 Å². The Hall–Kier alpha value is -1.62. The Morgan fingerprint density at radius 2 is 1.91 bits per heavy atom. The standard InChI is InChI=1S/C18H29FN2O2/c1-6-13(2)10-21(5)17-8-7-16(19)9-15(17)12-20(4)11-14(3)18(22)23/h7-9,13-14H,6,10-12H2,1-5H3,(H,22,23). The van der Waals surface area contributed by atoms with Crippen molar-refractivity contribution in [2.75, 3.05) is 32.1 Å². The summed E-state index contributed by atoms with van der Waals surface area (Å²) in [5, 5.41) is 9.02. The summed E-state index contributed by atoms with van der Waals surface area (Å²) in [5.74, 6) is -0.969. The van der Waals surface area contributed by atoms with Crippen molar-refractivity contribution >= 4 is 11.7 Å². The summed E-state index contributed by atoms with van der Waals surface area (Å²) in [5.41, 5.74) is 1.89. The van der Waals surface area contributed by atoms with E-state index < -0.39 is 11.9 Å². The Bertz CT molecular complexity index is 522. The predicted molar refractivity (Wildman–Crippen MR) is 92.3 cm³/mol. The molecule has 0 aliphatic heterocycles. The Morgan fingerprint density at radius 3 is 2.48 bits per heavy atom. The van der Waals surface area contributed by atoms with Gasteiger partial charge >= 0.3 is 5.97 Å². The Kier molecular flexibility index (Phi) is 7.49. The summed E-state index contributed by atoms with van der Waals surface area (Å²) < 4.78 is 13.6. The molecule has 1 N–H and O–H groups in total. The highest BCUT2D eigenvalue weighted by Gasteiger charge is 2.16. The van der Waals surface area contributed by atoms with Gasteiger partial charge in [-0.1, -0.05) is 27.2 Å². The number of aliphatic carboxylic acids is 1. The van der Waals surface area contributed by atoms with Crippen molar-refractivity contribution in [3.63, 3.8) is 0 Å². The van der Waals surface area contributed by atoms with Gasteiger partial charge < -0.3 is 14.9 Å². The zero-order valence-corrected chi connectivity index (χ0v) is 14.8. The summed E-state index contributed by atoms with van der Waals surface area (Å²) >= 11 is 0. The number of hydrogen-bond donors (Lipinski definition) is 1. The van der Waals surface area contributed by atoms with Gasteiger partial charge in [0.2, 0.25) is 0 Å². The number of carbonyl (C=O) groups is 1. The highest BCUT2D eigenvalue weighted by molar-refractivity contribution is 5.69. The summed E-state index contributed by atoms with van der Waals surface area (Å²) in [6.45, 7) is 7.90. The van der Waals surface area contributed by atoms with Gasteiger partial charge in [-0.05, 0) is 36.7 Å². The molecule has 2 atom stereocenters. The molecular weight excluding hydrogens is 295 g/mol. The number of rotatable bonds is 9. The molecule has 0 radical (unpaired) electrons. The number of carboxylic acids is 1. The minimum absolute atomic E-state index is 0.264. The quantitative estimate of drug-likeness (QED) is 0.755. The molecule has 1 aromatic carbocycles. The topological polar surface area (TPSA) is 43.8 Å². The van der Waals surface area contributed by atoms with Crippen LogP contribution in [-0.2, 0) is 11.3 Å². The lowest BCUT2D eigenvalue weighted by molar-refractivity contribution is -0.141. The van der Waals surface area contributed by atoms with Gasteiger partial charge in [-0.3, -0.25) is 4.79 Å². The average Bonchev–Trinajstić information content (AvgIpc) is 2.46. The molecule has 1 aromatic rings. The van der Waals surface area contributed by atoms with E-state index in [1.807, 2.05) is 25.1 Å². The van der Waals surface area contributed by atoms with Crippen molar-refractivity contribution in [2.45, 2.75) is 33.7 Å². The van der Waals surface area contributed by atoms with Gasteiger partial charge in [-0.2, -0.15) is 0 Å². The van der Waals surface area contributed by atoms with Crippen LogP contribution in [0.25, 0.3) is 0 Å². The maximum atomic E-state index is 13.6. The molecule has 0 saturated carbocycles. The predicted octanol–water partition coefficient (Wildman–Crippen LogP) is 3.46. The molecule has 0 bridgehead atoms. The first kappa shape index (κ1) is 19.4. The maximum Gasteiger partial charge on any atom is 0.307 e. The van der Waals surface area contributed by atoms with Gasteiger partial charge in [0.05, 0.1) is 5.92 Å². The third kappa shape index (κ3) is 6.18. The minimum atomic E-state index is -0.815. The summed E-state index contributed by atoms with van der Waals surface area (Å²) in [6.07, 6.45) is 1.09. The van der Waals surface area contributed by atoms with Gasteiger partial charge in [-0.25, -0.2) is 4.39 Å². The molecule has 5 heteroatoms. The van der Waals surface area contributed by atoms with Crippen LogP contribution in [0.2, 0.25) is 0 Å². The molecule has 1 rings (SSSR count). The molecule has 0 saturated heterocycles. The third-order valence-electron chi connectivity index (χ3n) is 4.18. The SMILES string of the molecule is CCC(C)CN(C)c1ccc(F)cc1CN(C)CC(C)C(=O)O. The van der Waals surface area contributed by atoms with E-state index in [1.165, 1.54) is 6.07 Å². The van der Waals surface area contributed by atoms with Crippen LogP contribution in [0, 0.1) is 17.7 Å². The molecule has 0 heterocycles. The van der Waals surface area contributed by atoms with Crippen LogP contribution in [-0.4, -0.2) is 43.2 Å².